The van der Waals surface area contributed by atoms with Crippen molar-refractivity contribution >= 4 is 5.91 Å². The van der Waals surface area contributed by atoms with Gasteiger partial charge in [-0.2, -0.15) is 0 Å². The quantitative estimate of drug-likeness (QED) is 0.539. The molecule has 0 aromatic rings. The van der Waals surface area contributed by atoms with Crippen LogP contribution in [0.25, 0.3) is 0 Å². The van der Waals surface area contributed by atoms with E-state index in [0.29, 0.717) is 19.0 Å². The van der Waals surface area contributed by atoms with Gasteiger partial charge in [0.05, 0.1) is 19.3 Å². The van der Waals surface area contributed by atoms with Gasteiger partial charge in [-0.1, -0.05) is 6.92 Å². The van der Waals surface area contributed by atoms with Crippen molar-refractivity contribution in [1.29, 1.82) is 0 Å². The van der Waals surface area contributed by atoms with E-state index in [0.717, 1.165) is 13.0 Å². The van der Waals surface area contributed by atoms with E-state index in [-0.39, 0.29) is 25.2 Å². The first kappa shape index (κ1) is 12.4. The normalized spacial score (nSPS) is 25.5. The van der Waals surface area contributed by atoms with Gasteiger partial charge in [0.25, 0.3) is 0 Å². The van der Waals surface area contributed by atoms with Crippen LogP contribution in [-0.4, -0.2) is 59.9 Å². The maximum atomic E-state index is 11.9. The van der Waals surface area contributed by atoms with Crippen LogP contribution in [0.1, 0.15) is 13.3 Å². The zero-order chi connectivity index (χ0) is 11.3. The minimum atomic E-state index is -0.141. The molecular weight excluding hydrogens is 196 g/mol. The Hall–Kier alpha value is -0.650. The van der Waals surface area contributed by atoms with Gasteiger partial charge in [0.1, 0.15) is 0 Å². The second-order valence-electron chi connectivity index (χ2n) is 4.07. The smallest absolute Gasteiger partial charge is 0.239 e. The first-order chi connectivity index (χ1) is 7.19. The average Bonchev–Trinajstić information content (AvgIpc) is 2.63. The van der Waals surface area contributed by atoms with Crippen molar-refractivity contribution in [3.05, 3.63) is 0 Å². The Labute approximate surface area is 90.1 Å². The zero-order valence-corrected chi connectivity index (χ0v) is 9.15. The van der Waals surface area contributed by atoms with Crippen LogP contribution in [0, 0.1) is 5.92 Å². The molecule has 0 spiro atoms. The molecule has 1 fully saturated rings. The van der Waals surface area contributed by atoms with E-state index in [4.69, 9.17) is 10.2 Å². The van der Waals surface area contributed by atoms with E-state index in [9.17, 15) is 4.79 Å². The molecule has 1 aliphatic rings. The summed E-state index contributed by atoms with van der Waals surface area (Å²) in [5, 5.41) is 20.8. The van der Waals surface area contributed by atoms with Crippen molar-refractivity contribution in [2.24, 2.45) is 5.92 Å². The Morgan fingerprint density at radius 1 is 1.40 bits per heavy atom. The molecule has 1 saturated heterocycles. The Morgan fingerprint density at radius 3 is 2.40 bits per heavy atom. The number of hydrogen-bond donors (Lipinski definition) is 3. The molecule has 0 aromatic heterocycles. The number of hydrogen-bond acceptors (Lipinski definition) is 4. The molecule has 0 radical (unpaired) electrons. The number of aliphatic hydroxyl groups is 2. The summed E-state index contributed by atoms with van der Waals surface area (Å²) in [7, 11) is 0. The van der Waals surface area contributed by atoms with Gasteiger partial charge in [0.15, 0.2) is 0 Å². The first-order valence-electron chi connectivity index (χ1n) is 5.43. The van der Waals surface area contributed by atoms with Gasteiger partial charge in [0, 0.05) is 13.1 Å². The highest BCUT2D eigenvalue weighted by Crippen LogP contribution is 2.14. The maximum Gasteiger partial charge on any atom is 0.239 e. The maximum absolute atomic E-state index is 11.9. The molecule has 0 bridgehead atoms. The summed E-state index contributed by atoms with van der Waals surface area (Å²) in [6.45, 7) is 3.44. The van der Waals surface area contributed by atoms with Gasteiger partial charge in [-0.3, -0.25) is 4.79 Å². The van der Waals surface area contributed by atoms with Crippen LogP contribution in [0.2, 0.25) is 0 Å². The highest BCUT2D eigenvalue weighted by atomic mass is 16.3. The van der Waals surface area contributed by atoms with Crippen molar-refractivity contribution in [3.63, 3.8) is 0 Å². The summed E-state index contributed by atoms with van der Waals surface area (Å²) < 4.78 is 0. The Kier molecular flexibility index (Phi) is 5.01. The van der Waals surface area contributed by atoms with Crippen LogP contribution >= 0.6 is 0 Å². The van der Waals surface area contributed by atoms with Crippen LogP contribution in [-0.2, 0) is 4.79 Å². The summed E-state index contributed by atoms with van der Waals surface area (Å²) in [5.41, 5.74) is 0. The van der Waals surface area contributed by atoms with E-state index in [2.05, 4.69) is 12.2 Å². The number of nitrogens with one attached hydrogen (secondary N) is 1. The average molecular weight is 216 g/mol. The monoisotopic (exact) mass is 216 g/mol. The SMILES string of the molecule is C[C@@H]1CNC(C(=O)N(CCO)CCO)C1. The van der Waals surface area contributed by atoms with Gasteiger partial charge in [-0.25, -0.2) is 0 Å². The lowest BCUT2D eigenvalue weighted by Gasteiger charge is -2.24. The number of amides is 1. The van der Waals surface area contributed by atoms with Crippen molar-refractivity contribution in [2.75, 3.05) is 32.8 Å². The fourth-order valence-electron chi connectivity index (χ4n) is 1.89. The van der Waals surface area contributed by atoms with Crippen LogP contribution < -0.4 is 5.32 Å². The summed E-state index contributed by atoms with van der Waals surface area (Å²) in [6, 6.07) is -0.141. The predicted molar refractivity (Wildman–Crippen MR) is 56.3 cm³/mol. The topological polar surface area (TPSA) is 72.8 Å². The summed E-state index contributed by atoms with van der Waals surface area (Å²) in [4.78, 5) is 13.4. The van der Waals surface area contributed by atoms with Crippen molar-refractivity contribution < 1.29 is 15.0 Å². The summed E-state index contributed by atoms with van der Waals surface area (Å²) in [5.74, 6) is 0.506. The Morgan fingerprint density at radius 2 is 2.00 bits per heavy atom. The highest BCUT2D eigenvalue weighted by Gasteiger charge is 2.29. The Bertz CT molecular complexity index is 205. The minimum Gasteiger partial charge on any atom is -0.395 e. The van der Waals surface area contributed by atoms with E-state index >= 15 is 0 Å². The standard InChI is InChI=1S/C10H20N2O3/c1-8-6-9(11-7-8)10(15)12(2-4-13)3-5-14/h8-9,11,13-14H,2-7H2,1H3/t8-,9?/m0/s1. The largest absolute Gasteiger partial charge is 0.395 e. The van der Waals surface area contributed by atoms with E-state index in [1.807, 2.05) is 0 Å². The van der Waals surface area contributed by atoms with Crippen LogP contribution in [0.15, 0.2) is 0 Å². The molecule has 1 rings (SSSR count). The van der Waals surface area contributed by atoms with E-state index in [1.165, 1.54) is 4.90 Å². The lowest BCUT2D eigenvalue weighted by molar-refractivity contribution is -0.134. The molecule has 2 atom stereocenters. The fourth-order valence-corrected chi connectivity index (χ4v) is 1.89. The van der Waals surface area contributed by atoms with E-state index < -0.39 is 0 Å². The zero-order valence-electron chi connectivity index (χ0n) is 9.15. The Balaban J connectivity index is 2.47. The molecule has 5 heteroatoms. The van der Waals surface area contributed by atoms with Crippen LogP contribution in [0.3, 0.4) is 0 Å². The molecule has 1 aliphatic heterocycles. The van der Waals surface area contributed by atoms with Gasteiger partial charge in [0.2, 0.25) is 5.91 Å². The number of carbonyl (C=O) groups is 1. The van der Waals surface area contributed by atoms with Crippen molar-refractivity contribution in [2.45, 2.75) is 19.4 Å². The van der Waals surface area contributed by atoms with E-state index in [1.54, 1.807) is 0 Å². The lowest BCUT2D eigenvalue weighted by atomic mass is 10.1. The number of carbonyl (C=O) groups excluding carboxylic acids is 1. The second kappa shape index (κ2) is 6.05. The minimum absolute atomic E-state index is 0.0116. The van der Waals surface area contributed by atoms with Gasteiger partial charge < -0.3 is 20.4 Å². The summed E-state index contributed by atoms with van der Waals surface area (Å²) >= 11 is 0. The van der Waals surface area contributed by atoms with Gasteiger partial charge in [-0.15, -0.1) is 0 Å². The molecule has 0 aromatic carbocycles. The molecule has 0 saturated carbocycles. The third-order valence-electron chi connectivity index (χ3n) is 2.70. The van der Waals surface area contributed by atoms with Crippen LogP contribution in [0.5, 0.6) is 0 Å². The predicted octanol–water partition coefficient (Wildman–Crippen LogP) is -1.20. The van der Waals surface area contributed by atoms with Gasteiger partial charge in [-0.05, 0) is 18.9 Å². The molecule has 1 unspecified atom stereocenters. The number of aliphatic hydroxyl groups excluding tert-OH is 2. The molecule has 1 amide bonds. The third-order valence-corrected chi connectivity index (χ3v) is 2.70. The molecule has 3 N–H and O–H groups in total. The third kappa shape index (κ3) is 3.44. The van der Waals surface area contributed by atoms with Gasteiger partial charge >= 0.3 is 0 Å². The fraction of sp³-hybridized carbons (Fsp3) is 0.900. The summed E-state index contributed by atoms with van der Waals surface area (Å²) in [6.07, 6.45) is 0.839. The number of nitrogens with zero attached hydrogens (tertiary/aromatic N) is 1. The molecule has 88 valence electrons. The lowest BCUT2D eigenvalue weighted by Crippen LogP contribution is -2.45. The van der Waals surface area contributed by atoms with Crippen LogP contribution in [0.4, 0.5) is 0 Å². The van der Waals surface area contributed by atoms with Crippen molar-refractivity contribution in [1.82, 2.24) is 10.2 Å². The molecule has 15 heavy (non-hydrogen) atoms. The number of rotatable bonds is 5. The highest BCUT2D eigenvalue weighted by molar-refractivity contribution is 5.82. The molecule has 5 nitrogen and oxygen atoms in total. The second-order valence-corrected chi connectivity index (χ2v) is 4.07. The molecular formula is C10H20N2O3. The first-order valence-corrected chi connectivity index (χ1v) is 5.43. The molecule has 0 aliphatic carbocycles. The molecule has 1 heterocycles. The van der Waals surface area contributed by atoms with Crippen molar-refractivity contribution in [3.8, 4) is 0 Å².